The average Bonchev–Trinajstić information content (AvgIpc) is 2.79. The van der Waals surface area contributed by atoms with Gasteiger partial charge in [-0.2, -0.15) is 10.4 Å². The molecule has 0 aromatic carbocycles. The summed E-state index contributed by atoms with van der Waals surface area (Å²) in [6.07, 6.45) is 1.44. The van der Waals surface area contributed by atoms with Gasteiger partial charge in [-0.05, 0) is 25.5 Å². The maximum Gasteiger partial charge on any atom is 0.360 e. The summed E-state index contributed by atoms with van der Waals surface area (Å²) in [5, 5.41) is 13.3. The molecule has 0 fully saturated rings. The zero-order valence-corrected chi connectivity index (χ0v) is 11.3. The van der Waals surface area contributed by atoms with Crippen LogP contribution in [0.3, 0.4) is 0 Å². The smallest absolute Gasteiger partial charge is 0.360 e. The molecule has 0 saturated carbocycles. The van der Waals surface area contributed by atoms with Crippen molar-refractivity contribution in [1.29, 1.82) is 5.26 Å². The van der Waals surface area contributed by atoms with Crippen LogP contribution in [-0.2, 0) is 4.74 Å². The van der Waals surface area contributed by atoms with Crippen LogP contribution in [0.5, 0.6) is 0 Å². The van der Waals surface area contributed by atoms with E-state index in [4.69, 9.17) is 5.73 Å². The summed E-state index contributed by atoms with van der Waals surface area (Å²) in [6, 6.07) is 3.88. The van der Waals surface area contributed by atoms with Crippen molar-refractivity contribution in [2.24, 2.45) is 0 Å². The lowest BCUT2D eigenvalue weighted by Crippen LogP contribution is -2.08. The SMILES string of the molecule is COC(=O)c1nn(-c2nc(C)cc(C)c2C#N)cc1N. The Morgan fingerprint density at radius 3 is 2.80 bits per heavy atom. The lowest BCUT2D eigenvalue weighted by atomic mass is 10.1. The minimum Gasteiger partial charge on any atom is -0.464 e. The Balaban J connectivity index is 2.64. The van der Waals surface area contributed by atoms with Gasteiger partial charge in [-0.3, -0.25) is 0 Å². The number of aryl methyl sites for hydroxylation is 2. The first-order valence-corrected chi connectivity index (χ1v) is 5.80. The van der Waals surface area contributed by atoms with Gasteiger partial charge in [0, 0.05) is 5.69 Å². The van der Waals surface area contributed by atoms with Gasteiger partial charge in [0.1, 0.15) is 6.07 Å². The number of rotatable bonds is 2. The van der Waals surface area contributed by atoms with E-state index in [9.17, 15) is 10.1 Å². The van der Waals surface area contributed by atoms with E-state index in [2.05, 4.69) is 20.9 Å². The summed E-state index contributed by atoms with van der Waals surface area (Å²) in [5.74, 6) is -0.295. The van der Waals surface area contributed by atoms with Gasteiger partial charge in [-0.1, -0.05) is 0 Å². The first-order valence-electron chi connectivity index (χ1n) is 5.80. The van der Waals surface area contributed by atoms with E-state index in [1.807, 2.05) is 13.8 Å². The summed E-state index contributed by atoms with van der Waals surface area (Å²) in [6.45, 7) is 3.62. The van der Waals surface area contributed by atoms with Crippen molar-refractivity contribution in [3.05, 3.63) is 34.8 Å². The fraction of sp³-hybridized carbons (Fsp3) is 0.231. The highest BCUT2D eigenvalue weighted by Gasteiger charge is 2.18. The predicted molar refractivity (Wildman–Crippen MR) is 71.3 cm³/mol. The number of methoxy groups -OCH3 is 1. The first-order chi connectivity index (χ1) is 9.47. The highest BCUT2D eigenvalue weighted by Crippen LogP contribution is 2.19. The van der Waals surface area contributed by atoms with Crippen LogP contribution < -0.4 is 5.73 Å². The van der Waals surface area contributed by atoms with Crippen molar-refractivity contribution in [3.63, 3.8) is 0 Å². The molecule has 2 rings (SSSR count). The van der Waals surface area contributed by atoms with E-state index in [-0.39, 0.29) is 11.4 Å². The Labute approximate surface area is 115 Å². The number of aromatic nitrogens is 3. The van der Waals surface area contributed by atoms with Gasteiger partial charge in [-0.25, -0.2) is 14.5 Å². The Hall–Kier alpha value is -2.88. The third-order valence-corrected chi connectivity index (χ3v) is 2.78. The van der Waals surface area contributed by atoms with Crippen molar-refractivity contribution < 1.29 is 9.53 Å². The lowest BCUT2D eigenvalue weighted by Gasteiger charge is -2.07. The number of esters is 1. The minimum atomic E-state index is -0.635. The predicted octanol–water partition coefficient (Wildman–Crippen LogP) is 1.12. The third kappa shape index (κ3) is 2.19. The largest absolute Gasteiger partial charge is 0.464 e. The molecule has 7 nitrogen and oxygen atoms in total. The number of nitrogens with two attached hydrogens (primary N) is 1. The molecule has 2 aromatic rings. The number of carbonyl (C=O) groups is 1. The summed E-state index contributed by atoms with van der Waals surface area (Å²) in [5.41, 5.74) is 7.80. The number of ether oxygens (including phenoxy) is 1. The summed E-state index contributed by atoms with van der Waals surface area (Å²) in [4.78, 5) is 15.8. The summed E-state index contributed by atoms with van der Waals surface area (Å²) in [7, 11) is 1.25. The molecule has 0 atom stereocenters. The molecule has 0 aliphatic rings. The molecule has 0 radical (unpaired) electrons. The Morgan fingerprint density at radius 1 is 1.50 bits per heavy atom. The zero-order valence-electron chi connectivity index (χ0n) is 11.3. The number of hydrogen-bond donors (Lipinski definition) is 1. The van der Waals surface area contributed by atoms with E-state index >= 15 is 0 Å². The van der Waals surface area contributed by atoms with Gasteiger partial charge in [0.25, 0.3) is 0 Å². The highest BCUT2D eigenvalue weighted by atomic mass is 16.5. The number of anilines is 1. The Morgan fingerprint density at radius 2 is 2.20 bits per heavy atom. The van der Waals surface area contributed by atoms with E-state index in [0.29, 0.717) is 11.4 Å². The summed E-state index contributed by atoms with van der Waals surface area (Å²) < 4.78 is 5.91. The molecule has 0 saturated heterocycles. The van der Waals surface area contributed by atoms with Gasteiger partial charge in [0.2, 0.25) is 0 Å². The summed E-state index contributed by atoms with van der Waals surface area (Å²) >= 11 is 0. The molecular weight excluding hydrogens is 258 g/mol. The number of hydrogen-bond acceptors (Lipinski definition) is 6. The van der Waals surface area contributed by atoms with E-state index in [1.165, 1.54) is 18.0 Å². The average molecular weight is 271 g/mol. The maximum absolute atomic E-state index is 11.5. The number of carbonyl (C=O) groups excluding carboxylic acids is 1. The van der Waals surface area contributed by atoms with Crippen LogP contribution in [0.15, 0.2) is 12.3 Å². The lowest BCUT2D eigenvalue weighted by molar-refractivity contribution is 0.0594. The molecule has 2 aromatic heterocycles. The fourth-order valence-electron chi connectivity index (χ4n) is 1.87. The molecule has 0 bridgehead atoms. The van der Waals surface area contributed by atoms with Crippen molar-refractivity contribution >= 4 is 11.7 Å². The van der Waals surface area contributed by atoms with Gasteiger partial charge in [-0.15, -0.1) is 0 Å². The molecule has 20 heavy (non-hydrogen) atoms. The van der Waals surface area contributed by atoms with Crippen LogP contribution in [0.4, 0.5) is 5.69 Å². The molecule has 0 unspecified atom stereocenters. The molecular formula is C13H13N5O2. The molecule has 0 amide bonds. The standard InChI is InChI=1S/C13H13N5O2/c1-7-4-8(2)16-12(9(7)5-14)18-6-10(15)11(17-18)13(19)20-3/h4,6H,15H2,1-3H3. The van der Waals surface area contributed by atoms with Crippen LogP contribution in [0.1, 0.15) is 27.3 Å². The van der Waals surface area contributed by atoms with E-state index in [0.717, 1.165) is 11.3 Å². The van der Waals surface area contributed by atoms with Crippen LogP contribution in [0.2, 0.25) is 0 Å². The second-order valence-corrected chi connectivity index (χ2v) is 4.26. The van der Waals surface area contributed by atoms with Gasteiger partial charge >= 0.3 is 5.97 Å². The quantitative estimate of drug-likeness (QED) is 0.820. The second kappa shape index (κ2) is 5.01. The van der Waals surface area contributed by atoms with Crippen LogP contribution in [0, 0.1) is 25.2 Å². The van der Waals surface area contributed by atoms with Gasteiger partial charge in [0.05, 0.1) is 24.6 Å². The molecule has 2 heterocycles. The molecule has 2 N–H and O–H groups in total. The monoisotopic (exact) mass is 271 g/mol. The van der Waals surface area contributed by atoms with Crippen molar-refractivity contribution in [1.82, 2.24) is 14.8 Å². The molecule has 0 aliphatic carbocycles. The van der Waals surface area contributed by atoms with Crippen LogP contribution in [-0.4, -0.2) is 27.8 Å². The Kier molecular flexibility index (Phi) is 3.39. The maximum atomic E-state index is 11.5. The number of nitrogens with zero attached hydrogens (tertiary/aromatic N) is 4. The van der Waals surface area contributed by atoms with Gasteiger partial charge in [0.15, 0.2) is 11.5 Å². The van der Waals surface area contributed by atoms with Crippen LogP contribution >= 0.6 is 0 Å². The molecule has 7 heteroatoms. The van der Waals surface area contributed by atoms with Crippen molar-refractivity contribution in [3.8, 4) is 11.9 Å². The second-order valence-electron chi connectivity index (χ2n) is 4.26. The van der Waals surface area contributed by atoms with Gasteiger partial charge < -0.3 is 10.5 Å². The van der Waals surface area contributed by atoms with Crippen LogP contribution in [0.25, 0.3) is 5.82 Å². The topological polar surface area (TPSA) is 107 Å². The zero-order chi connectivity index (χ0) is 14.9. The molecule has 0 spiro atoms. The first kappa shape index (κ1) is 13.5. The third-order valence-electron chi connectivity index (χ3n) is 2.78. The van der Waals surface area contributed by atoms with E-state index < -0.39 is 5.97 Å². The molecule has 102 valence electrons. The normalized spacial score (nSPS) is 10.1. The highest BCUT2D eigenvalue weighted by molar-refractivity contribution is 5.92. The fourth-order valence-corrected chi connectivity index (χ4v) is 1.87. The molecule has 0 aliphatic heterocycles. The van der Waals surface area contributed by atoms with Crippen molar-refractivity contribution in [2.45, 2.75) is 13.8 Å². The van der Waals surface area contributed by atoms with E-state index in [1.54, 1.807) is 6.07 Å². The van der Waals surface area contributed by atoms with Crippen molar-refractivity contribution in [2.75, 3.05) is 12.8 Å². The Bertz CT molecular complexity index is 727. The minimum absolute atomic E-state index is 0.00245. The number of pyridine rings is 1. The number of nitriles is 1. The number of nitrogen functional groups attached to an aromatic ring is 1.